The monoisotopic (exact) mass is 357 g/mol. The van der Waals surface area contributed by atoms with Crippen LogP contribution in [0.1, 0.15) is 12.5 Å². The third-order valence-electron chi connectivity index (χ3n) is 4.31. The lowest BCUT2D eigenvalue weighted by atomic mass is 10.1. The van der Waals surface area contributed by atoms with Crippen molar-refractivity contribution in [3.05, 3.63) is 42.2 Å². The molecule has 2 amide bonds. The molecule has 1 aromatic heterocycles. The van der Waals surface area contributed by atoms with Gasteiger partial charge in [-0.05, 0) is 19.1 Å². The first-order valence-electron chi connectivity index (χ1n) is 8.40. The zero-order chi connectivity index (χ0) is 18.5. The Bertz CT molecular complexity index is 794. The molecule has 1 saturated heterocycles. The van der Waals surface area contributed by atoms with Gasteiger partial charge in [-0.3, -0.25) is 4.68 Å². The number of carbonyl (C=O) groups excluding carboxylic acids is 1. The molecule has 136 valence electrons. The lowest BCUT2D eigenvalue weighted by Gasteiger charge is -2.36. The molecule has 1 fully saturated rings. The van der Waals surface area contributed by atoms with E-state index in [1.807, 2.05) is 17.9 Å². The van der Waals surface area contributed by atoms with Gasteiger partial charge >= 0.3 is 6.03 Å². The number of nitrogens with one attached hydrogen (secondary N) is 1. The number of hydrogen-bond acceptors (Lipinski definition) is 5. The van der Waals surface area contributed by atoms with Crippen molar-refractivity contribution < 1.29 is 9.18 Å². The molecule has 0 saturated carbocycles. The number of piperazine rings is 1. The molecule has 2 heterocycles. The van der Waals surface area contributed by atoms with Crippen LogP contribution < -0.4 is 10.2 Å². The molecule has 8 nitrogen and oxygen atoms in total. The molecule has 3 rings (SSSR count). The number of halogens is 1. The Balaban J connectivity index is 1.54. The predicted octanol–water partition coefficient (Wildman–Crippen LogP) is 1.21. The van der Waals surface area contributed by atoms with E-state index in [1.54, 1.807) is 28.0 Å². The minimum absolute atomic E-state index is 0.0480. The number of benzene rings is 1. The molecule has 0 aliphatic carbocycles. The van der Waals surface area contributed by atoms with Crippen LogP contribution in [-0.2, 0) is 6.54 Å². The second-order valence-corrected chi connectivity index (χ2v) is 6.19. The van der Waals surface area contributed by atoms with Crippen molar-refractivity contribution in [2.24, 2.45) is 0 Å². The fraction of sp³-hybridized carbons (Fsp3) is 0.412. The van der Waals surface area contributed by atoms with E-state index < -0.39 is 5.82 Å². The van der Waals surface area contributed by atoms with E-state index in [0.717, 1.165) is 0 Å². The van der Waals surface area contributed by atoms with Gasteiger partial charge in [0.05, 0.1) is 12.2 Å². The molecule has 1 unspecified atom stereocenters. The first kappa shape index (κ1) is 17.7. The van der Waals surface area contributed by atoms with Crippen molar-refractivity contribution in [1.82, 2.24) is 25.0 Å². The van der Waals surface area contributed by atoms with E-state index in [2.05, 4.69) is 15.4 Å². The zero-order valence-corrected chi connectivity index (χ0v) is 14.5. The summed E-state index contributed by atoms with van der Waals surface area (Å²) in [6.07, 6.45) is 3.06. The SMILES string of the molecule is CC(Cn1cncn1)NC(=O)N1CCN(c2cccc(F)c2C#N)CC1. The van der Waals surface area contributed by atoms with E-state index in [4.69, 9.17) is 0 Å². The van der Waals surface area contributed by atoms with E-state index in [0.29, 0.717) is 38.4 Å². The van der Waals surface area contributed by atoms with Crippen LogP contribution in [0.4, 0.5) is 14.9 Å². The molecule has 0 bridgehead atoms. The Morgan fingerprint density at radius 3 is 2.81 bits per heavy atom. The topological polar surface area (TPSA) is 90.1 Å². The minimum atomic E-state index is -0.521. The molecule has 0 spiro atoms. The van der Waals surface area contributed by atoms with E-state index in [-0.39, 0.29) is 17.6 Å². The number of carbonyl (C=O) groups is 1. The molecule has 1 aromatic carbocycles. The molecule has 1 aliphatic rings. The van der Waals surface area contributed by atoms with Crippen LogP contribution in [0.15, 0.2) is 30.9 Å². The van der Waals surface area contributed by atoms with Gasteiger partial charge in [0.2, 0.25) is 0 Å². The van der Waals surface area contributed by atoms with Crippen LogP contribution >= 0.6 is 0 Å². The number of urea groups is 1. The Kier molecular flexibility index (Phi) is 5.31. The minimum Gasteiger partial charge on any atom is -0.367 e. The van der Waals surface area contributed by atoms with E-state index in [9.17, 15) is 14.4 Å². The molecule has 26 heavy (non-hydrogen) atoms. The van der Waals surface area contributed by atoms with Crippen LogP contribution in [0.25, 0.3) is 0 Å². The van der Waals surface area contributed by atoms with Crippen LogP contribution in [0.2, 0.25) is 0 Å². The molecular formula is C17H20FN7O. The second kappa shape index (κ2) is 7.82. The van der Waals surface area contributed by atoms with Crippen LogP contribution in [0.5, 0.6) is 0 Å². The molecule has 2 aromatic rings. The van der Waals surface area contributed by atoms with Gasteiger partial charge in [-0.15, -0.1) is 0 Å². The zero-order valence-electron chi connectivity index (χ0n) is 14.5. The van der Waals surface area contributed by atoms with Crippen molar-refractivity contribution >= 4 is 11.7 Å². The molecular weight excluding hydrogens is 337 g/mol. The van der Waals surface area contributed by atoms with Crippen molar-refractivity contribution in [3.63, 3.8) is 0 Å². The van der Waals surface area contributed by atoms with Gasteiger partial charge in [-0.1, -0.05) is 6.07 Å². The maximum Gasteiger partial charge on any atom is 0.317 e. The van der Waals surface area contributed by atoms with Gasteiger partial charge < -0.3 is 15.1 Å². The van der Waals surface area contributed by atoms with Gasteiger partial charge in [0.25, 0.3) is 0 Å². The van der Waals surface area contributed by atoms with E-state index >= 15 is 0 Å². The summed E-state index contributed by atoms with van der Waals surface area (Å²) < 4.78 is 15.4. The van der Waals surface area contributed by atoms with Crippen LogP contribution in [0.3, 0.4) is 0 Å². The maximum absolute atomic E-state index is 13.8. The summed E-state index contributed by atoms with van der Waals surface area (Å²) in [7, 11) is 0. The Morgan fingerprint density at radius 2 is 2.15 bits per heavy atom. The average Bonchev–Trinajstić information content (AvgIpc) is 3.14. The van der Waals surface area contributed by atoms with Crippen molar-refractivity contribution in [2.75, 3.05) is 31.1 Å². The summed E-state index contributed by atoms with van der Waals surface area (Å²) in [5, 5.41) is 16.1. The largest absolute Gasteiger partial charge is 0.367 e. The molecule has 1 atom stereocenters. The van der Waals surface area contributed by atoms with Crippen LogP contribution in [-0.4, -0.2) is 57.9 Å². The highest BCUT2D eigenvalue weighted by molar-refractivity contribution is 5.75. The van der Waals surface area contributed by atoms with Gasteiger partial charge in [0.1, 0.15) is 30.1 Å². The smallest absolute Gasteiger partial charge is 0.317 e. The Labute approximate surface area is 150 Å². The highest BCUT2D eigenvalue weighted by Crippen LogP contribution is 2.23. The van der Waals surface area contributed by atoms with E-state index in [1.165, 1.54) is 12.4 Å². The Hall–Kier alpha value is -3.15. The summed E-state index contributed by atoms with van der Waals surface area (Å²) in [5.74, 6) is -0.521. The number of aromatic nitrogens is 3. The van der Waals surface area contributed by atoms with Gasteiger partial charge in [-0.25, -0.2) is 14.2 Å². The lowest BCUT2D eigenvalue weighted by molar-refractivity contribution is 0.189. The number of hydrogen-bond donors (Lipinski definition) is 1. The first-order chi connectivity index (χ1) is 12.6. The average molecular weight is 357 g/mol. The second-order valence-electron chi connectivity index (χ2n) is 6.19. The highest BCUT2D eigenvalue weighted by Gasteiger charge is 2.24. The number of nitriles is 1. The number of amides is 2. The summed E-state index contributed by atoms with van der Waals surface area (Å²) in [6.45, 7) is 4.54. The quantitative estimate of drug-likeness (QED) is 0.888. The predicted molar refractivity (Wildman–Crippen MR) is 92.9 cm³/mol. The number of anilines is 1. The summed E-state index contributed by atoms with van der Waals surface area (Å²) in [5.41, 5.74) is 0.624. The van der Waals surface area contributed by atoms with Crippen LogP contribution in [0, 0.1) is 17.1 Å². The summed E-state index contributed by atoms with van der Waals surface area (Å²) in [6, 6.07) is 6.30. The number of nitrogens with zero attached hydrogens (tertiary/aromatic N) is 6. The summed E-state index contributed by atoms with van der Waals surface area (Å²) >= 11 is 0. The highest BCUT2D eigenvalue weighted by atomic mass is 19.1. The fourth-order valence-electron chi connectivity index (χ4n) is 2.99. The van der Waals surface area contributed by atoms with Crippen molar-refractivity contribution in [1.29, 1.82) is 5.26 Å². The molecule has 1 aliphatic heterocycles. The molecule has 9 heteroatoms. The lowest BCUT2D eigenvalue weighted by Crippen LogP contribution is -2.53. The van der Waals surface area contributed by atoms with Crippen molar-refractivity contribution in [3.8, 4) is 6.07 Å². The van der Waals surface area contributed by atoms with Gasteiger partial charge in [0, 0.05) is 32.2 Å². The van der Waals surface area contributed by atoms with Gasteiger partial charge in [0.15, 0.2) is 0 Å². The molecule has 0 radical (unpaired) electrons. The standard InChI is InChI=1S/C17H20FN7O/c1-13(10-25-12-20-11-21-25)22-17(26)24-7-5-23(6-8-24)16-4-2-3-15(18)14(16)9-19/h2-4,11-13H,5-8,10H2,1H3,(H,22,26). The molecule has 1 N–H and O–H groups in total. The Morgan fingerprint density at radius 1 is 1.38 bits per heavy atom. The van der Waals surface area contributed by atoms with Gasteiger partial charge in [-0.2, -0.15) is 10.4 Å². The number of rotatable bonds is 4. The third kappa shape index (κ3) is 3.91. The first-order valence-corrected chi connectivity index (χ1v) is 8.40. The summed E-state index contributed by atoms with van der Waals surface area (Å²) in [4.78, 5) is 19.9. The third-order valence-corrected chi connectivity index (χ3v) is 4.31. The fourth-order valence-corrected chi connectivity index (χ4v) is 2.99. The maximum atomic E-state index is 13.8. The normalized spacial score (nSPS) is 15.4. The van der Waals surface area contributed by atoms with Crippen molar-refractivity contribution in [2.45, 2.75) is 19.5 Å².